The molecule has 0 aliphatic carbocycles. The second kappa shape index (κ2) is 8.14. The van der Waals surface area contributed by atoms with E-state index < -0.39 is 10.0 Å². The number of carbonyl (C=O) groups excluding carboxylic acids is 1. The number of hydrogen-bond acceptors (Lipinski definition) is 4. The summed E-state index contributed by atoms with van der Waals surface area (Å²) >= 11 is 5.94. The summed E-state index contributed by atoms with van der Waals surface area (Å²) in [7, 11) is -2.17. The van der Waals surface area contributed by atoms with E-state index in [1.54, 1.807) is 36.4 Å². The van der Waals surface area contributed by atoms with Gasteiger partial charge in [0.15, 0.2) is 0 Å². The lowest BCUT2D eigenvalue weighted by atomic mass is 10.3. The van der Waals surface area contributed by atoms with Gasteiger partial charge in [0, 0.05) is 13.0 Å². The molecule has 0 radical (unpaired) electrons. The molecule has 0 saturated carbocycles. The van der Waals surface area contributed by atoms with E-state index in [1.165, 1.54) is 19.2 Å². The zero-order valence-electron chi connectivity index (χ0n) is 13.0. The van der Waals surface area contributed by atoms with Crippen LogP contribution in [-0.2, 0) is 14.8 Å². The molecule has 2 aromatic carbocycles. The maximum atomic E-state index is 12.1. The molecule has 0 bridgehead atoms. The van der Waals surface area contributed by atoms with E-state index >= 15 is 0 Å². The van der Waals surface area contributed by atoms with Gasteiger partial charge in [0.1, 0.15) is 5.75 Å². The summed E-state index contributed by atoms with van der Waals surface area (Å²) in [5.74, 6) is 0.230. The van der Waals surface area contributed by atoms with Gasteiger partial charge in [0.2, 0.25) is 15.9 Å². The van der Waals surface area contributed by atoms with E-state index in [0.717, 1.165) is 0 Å². The molecule has 2 N–H and O–H groups in total. The van der Waals surface area contributed by atoms with E-state index in [9.17, 15) is 13.2 Å². The normalized spacial score (nSPS) is 11.1. The highest BCUT2D eigenvalue weighted by Gasteiger charge is 2.14. The van der Waals surface area contributed by atoms with Crippen LogP contribution in [0.5, 0.6) is 5.75 Å². The lowest BCUT2D eigenvalue weighted by molar-refractivity contribution is -0.116. The number of benzene rings is 2. The molecule has 24 heavy (non-hydrogen) atoms. The SMILES string of the molecule is COc1ccc(S(=O)(=O)NCCC(=O)Nc2ccccc2Cl)cc1. The fraction of sp³-hybridized carbons (Fsp3) is 0.188. The number of hydrogen-bond donors (Lipinski definition) is 2. The van der Waals surface area contributed by atoms with Gasteiger partial charge in [-0.05, 0) is 36.4 Å². The van der Waals surface area contributed by atoms with Crippen molar-refractivity contribution in [3.05, 3.63) is 53.6 Å². The van der Waals surface area contributed by atoms with Gasteiger partial charge < -0.3 is 10.1 Å². The summed E-state index contributed by atoms with van der Waals surface area (Å²) in [5.41, 5.74) is 0.488. The second-order valence-corrected chi connectivity index (χ2v) is 7.03. The first kappa shape index (κ1) is 18.3. The highest BCUT2D eigenvalue weighted by molar-refractivity contribution is 7.89. The molecule has 1 amide bonds. The van der Waals surface area contributed by atoms with Gasteiger partial charge in [-0.2, -0.15) is 0 Å². The summed E-state index contributed by atoms with van der Waals surface area (Å²) in [6, 6.07) is 12.8. The van der Waals surface area contributed by atoms with Crippen molar-refractivity contribution < 1.29 is 17.9 Å². The van der Waals surface area contributed by atoms with Crippen LogP contribution >= 0.6 is 11.6 Å². The van der Waals surface area contributed by atoms with Crippen molar-refractivity contribution in [3.8, 4) is 5.75 Å². The molecule has 0 aliphatic rings. The maximum Gasteiger partial charge on any atom is 0.240 e. The Kier molecular flexibility index (Phi) is 6.19. The average molecular weight is 369 g/mol. The molecule has 0 atom stereocenters. The first-order valence-corrected chi connectivity index (χ1v) is 8.96. The third kappa shape index (κ3) is 4.95. The molecule has 0 aromatic heterocycles. The van der Waals surface area contributed by atoms with Crippen LogP contribution in [-0.4, -0.2) is 28.0 Å². The minimum Gasteiger partial charge on any atom is -0.497 e. The summed E-state index contributed by atoms with van der Waals surface area (Å²) in [6.07, 6.45) is -0.0133. The Morgan fingerprint density at radius 3 is 2.42 bits per heavy atom. The number of halogens is 1. The van der Waals surface area contributed by atoms with Gasteiger partial charge in [-0.1, -0.05) is 23.7 Å². The Hall–Kier alpha value is -2.09. The Labute approximate surface area is 145 Å². The van der Waals surface area contributed by atoms with Gasteiger partial charge >= 0.3 is 0 Å². The van der Waals surface area contributed by atoms with Crippen molar-refractivity contribution in [2.75, 3.05) is 19.0 Å². The van der Waals surface area contributed by atoms with Crippen molar-refractivity contribution >= 4 is 33.2 Å². The van der Waals surface area contributed by atoms with Crippen LogP contribution < -0.4 is 14.8 Å². The van der Waals surface area contributed by atoms with Crippen molar-refractivity contribution in [2.24, 2.45) is 0 Å². The number of ether oxygens (including phenoxy) is 1. The Bertz CT molecular complexity index is 807. The number of anilines is 1. The molecule has 0 unspecified atom stereocenters. The van der Waals surface area contributed by atoms with E-state index in [4.69, 9.17) is 16.3 Å². The number of methoxy groups -OCH3 is 1. The third-order valence-electron chi connectivity index (χ3n) is 3.16. The van der Waals surface area contributed by atoms with Crippen LogP contribution in [0.15, 0.2) is 53.4 Å². The quantitative estimate of drug-likeness (QED) is 0.786. The molecular weight excluding hydrogens is 352 g/mol. The van der Waals surface area contributed by atoms with Crippen molar-refractivity contribution in [3.63, 3.8) is 0 Å². The Balaban J connectivity index is 1.88. The standard InChI is InChI=1S/C16H17ClN2O4S/c1-23-12-6-8-13(9-7-12)24(21,22)18-11-10-16(20)19-15-5-3-2-4-14(15)17/h2-9,18H,10-11H2,1H3,(H,19,20). The van der Waals surface area contributed by atoms with Gasteiger partial charge in [-0.25, -0.2) is 13.1 Å². The Morgan fingerprint density at radius 2 is 1.79 bits per heavy atom. The number of amides is 1. The van der Waals surface area contributed by atoms with Gasteiger partial charge in [0.25, 0.3) is 0 Å². The first-order chi connectivity index (χ1) is 11.4. The zero-order valence-corrected chi connectivity index (χ0v) is 14.5. The average Bonchev–Trinajstić information content (AvgIpc) is 2.57. The molecule has 8 heteroatoms. The molecule has 0 fully saturated rings. The molecule has 2 aromatic rings. The van der Waals surface area contributed by atoms with E-state index in [1.807, 2.05) is 0 Å². The van der Waals surface area contributed by atoms with Gasteiger partial charge in [0.05, 0.1) is 22.7 Å². The van der Waals surface area contributed by atoms with Crippen LogP contribution in [0.1, 0.15) is 6.42 Å². The number of carbonyl (C=O) groups is 1. The van der Waals surface area contributed by atoms with Crippen LogP contribution in [0.2, 0.25) is 5.02 Å². The molecule has 0 aliphatic heterocycles. The minimum absolute atomic E-state index is 0.0133. The van der Waals surface area contributed by atoms with E-state index in [0.29, 0.717) is 16.5 Å². The molecule has 0 spiro atoms. The van der Waals surface area contributed by atoms with E-state index in [-0.39, 0.29) is 23.8 Å². The van der Waals surface area contributed by atoms with Gasteiger partial charge in [-0.3, -0.25) is 4.79 Å². The molecule has 2 rings (SSSR count). The van der Waals surface area contributed by atoms with Crippen LogP contribution in [0.25, 0.3) is 0 Å². The minimum atomic E-state index is -3.67. The topological polar surface area (TPSA) is 84.5 Å². The highest BCUT2D eigenvalue weighted by Crippen LogP contribution is 2.20. The fourth-order valence-corrected chi connectivity index (χ4v) is 3.13. The molecule has 6 nitrogen and oxygen atoms in total. The lowest BCUT2D eigenvalue weighted by Gasteiger charge is -2.09. The number of sulfonamides is 1. The Morgan fingerprint density at radius 1 is 1.12 bits per heavy atom. The fourth-order valence-electron chi connectivity index (χ4n) is 1.91. The summed E-state index contributed by atoms with van der Waals surface area (Å²) in [4.78, 5) is 12.0. The predicted octanol–water partition coefficient (Wildman–Crippen LogP) is 2.66. The van der Waals surface area contributed by atoms with Crippen LogP contribution in [0.3, 0.4) is 0 Å². The lowest BCUT2D eigenvalue weighted by Crippen LogP contribution is -2.27. The largest absolute Gasteiger partial charge is 0.497 e. The highest BCUT2D eigenvalue weighted by atomic mass is 35.5. The molecular formula is C16H17ClN2O4S. The smallest absolute Gasteiger partial charge is 0.240 e. The van der Waals surface area contributed by atoms with E-state index in [2.05, 4.69) is 10.0 Å². The predicted molar refractivity (Wildman–Crippen MR) is 92.9 cm³/mol. The summed E-state index contributed by atoms with van der Waals surface area (Å²) in [6.45, 7) is -0.0232. The van der Waals surface area contributed by atoms with Crippen molar-refractivity contribution in [1.82, 2.24) is 4.72 Å². The first-order valence-electron chi connectivity index (χ1n) is 7.10. The monoisotopic (exact) mass is 368 g/mol. The van der Waals surface area contributed by atoms with Gasteiger partial charge in [-0.15, -0.1) is 0 Å². The third-order valence-corrected chi connectivity index (χ3v) is 4.97. The van der Waals surface area contributed by atoms with Crippen molar-refractivity contribution in [1.29, 1.82) is 0 Å². The molecule has 0 saturated heterocycles. The summed E-state index contributed by atoms with van der Waals surface area (Å²) < 4.78 is 31.6. The summed E-state index contributed by atoms with van der Waals surface area (Å²) in [5, 5.41) is 3.05. The number of para-hydroxylation sites is 1. The maximum absolute atomic E-state index is 12.1. The number of nitrogens with one attached hydrogen (secondary N) is 2. The van der Waals surface area contributed by atoms with Crippen molar-refractivity contribution in [2.45, 2.75) is 11.3 Å². The zero-order chi connectivity index (χ0) is 17.6. The molecule has 0 heterocycles. The van der Waals surface area contributed by atoms with Crippen LogP contribution in [0.4, 0.5) is 5.69 Å². The second-order valence-electron chi connectivity index (χ2n) is 4.85. The molecule has 128 valence electrons. The van der Waals surface area contributed by atoms with Crippen LogP contribution in [0, 0.1) is 0 Å². The number of rotatable bonds is 7.